The number of likely N-dealkylation sites (tertiary alicyclic amines) is 1. The van der Waals surface area contributed by atoms with E-state index in [0.29, 0.717) is 69.3 Å². The van der Waals surface area contributed by atoms with Crippen LogP contribution >= 0.6 is 23.4 Å². The van der Waals surface area contributed by atoms with Gasteiger partial charge in [-0.1, -0.05) is 42.3 Å². The summed E-state index contributed by atoms with van der Waals surface area (Å²) < 4.78 is 29.5. The number of carboxylic acids is 1. The molecule has 76 heavy (non-hydrogen) atoms. The van der Waals surface area contributed by atoms with Gasteiger partial charge in [-0.05, 0) is 95.8 Å². The summed E-state index contributed by atoms with van der Waals surface area (Å²) >= 11 is 8.02. The van der Waals surface area contributed by atoms with Crippen LogP contribution in [0.15, 0.2) is 35.9 Å². The van der Waals surface area contributed by atoms with Crippen molar-refractivity contribution in [1.82, 2.24) is 20.4 Å². The zero-order valence-electron chi connectivity index (χ0n) is 44.7. The number of unbranched alkanes of at least 4 members (excludes halogenated alkanes) is 1. The van der Waals surface area contributed by atoms with Gasteiger partial charge in [-0.25, -0.2) is 9.59 Å². The molecule has 4 fully saturated rings. The molecule has 23 heteroatoms. The van der Waals surface area contributed by atoms with Crippen LogP contribution in [0, 0.1) is 17.8 Å². The molecule has 6 rings (SSSR count). The minimum atomic E-state index is -1.89. The fourth-order valence-corrected chi connectivity index (χ4v) is 11.9. The van der Waals surface area contributed by atoms with Crippen molar-refractivity contribution >= 4 is 76.6 Å². The second-order valence-corrected chi connectivity index (χ2v) is 22.7. The third kappa shape index (κ3) is 14.5. The van der Waals surface area contributed by atoms with E-state index in [9.17, 15) is 43.5 Å². The van der Waals surface area contributed by atoms with Crippen molar-refractivity contribution in [3.8, 4) is 5.75 Å². The summed E-state index contributed by atoms with van der Waals surface area (Å²) in [6.07, 6.45) is 4.40. The largest absolute Gasteiger partial charge is 0.495 e. The number of hydrogen-bond acceptors (Lipinski definition) is 16. The number of aliphatic carboxylic acids is 1. The van der Waals surface area contributed by atoms with Gasteiger partial charge in [0.2, 0.25) is 29.5 Å². The second kappa shape index (κ2) is 25.9. The van der Waals surface area contributed by atoms with Crippen LogP contribution in [0.25, 0.3) is 0 Å². The van der Waals surface area contributed by atoms with Crippen LogP contribution in [-0.4, -0.2) is 168 Å². The van der Waals surface area contributed by atoms with E-state index in [1.54, 1.807) is 45.2 Å². The molecular formula is C53H75ClN6O15S. The van der Waals surface area contributed by atoms with Crippen molar-refractivity contribution in [2.75, 3.05) is 52.1 Å². The molecule has 21 nitrogen and oxygen atoms in total. The van der Waals surface area contributed by atoms with E-state index in [1.165, 1.54) is 54.7 Å². The summed E-state index contributed by atoms with van der Waals surface area (Å²) in [5, 5.41) is 25.7. The van der Waals surface area contributed by atoms with Crippen molar-refractivity contribution in [1.29, 1.82) is 0 Å². The minimum absolute atomic E-state index is 0.00468. The number of halogens is 1. The van der Waals surface area contributed by atoms with Crippen LogP contribution in [-0.2, 0) is 58.9 Å². The number of allylic oxidation sites excluding steroid dienone is 3. The van der Waals surface area contributed by atoms with E-state index < -0.39 is 95.3 Å². The Balaban J connectivity index is 1.07. The lowest BCUT2D eigenvalue weighted by atomic mass is 9.81. The number of carbonyl (C=O) groups excluding carboxylic acids is 7. The maximum absolute atomic E-state index is 14.4. The summed E-state index contributed by atoms with van der Waals surface area (Å²) in [7, 11) is 5.87. The number of nitrogens with two attached hydrogens (primary N) is 1. The lowest BCUT2D eigenvalue weighted by Crippen LogP contribution is -2.63. The van der Waals surface area contributed by atoms with Gasteiger partial charge in [-0.15, -0.1) is 11.8 Å². The van der Waals surface area contributed by atoms with Gasteiger partial charge in [0, 0.05) is 71.1 Å². The van der Waals surface area contributed by atoms with Gasteiger partial charge in [0.15, 0.2) is 5.72 Å². The zero-order chi connectivity index (χ0) is 55.8. The first-order valence-corrected chi connectivity index (χ1v) is 27.4. The van der Waals surface area contributed by atoms with Crippen LogP contribution in [0.5, 0.6) is 5.75 Å². The number of carboxylic acid groups (broad SMARTS) is 1. The van der Waals surface area contributed by atoms with Crippen LogP contribution in [0.3, 0.4) is 0 Å². The van der Waals surface area contributed by atoms with Gasteiger partial charge in [0.05, 0.1) is 30.6 Å². The molecule has 0 spiro atoms. The topological polar surface area (TPSA) is 286 Å². The van der Waals surface area contributed by atoms with E-state index in [0.717, 1.165) is 11.1 Å². The Labute approximate surface area is 453 Å². The molecule has 4 heterocycles. The molecule has 6 amide bonds. The van der Waals surface area contributed by atoms with E-state index in [1.807, 2.05) is 13.0 Å². The van der Waals surface area contributed by atoms with Gasteiger partial charge >= 0.3 is 18.0 Å². The molecule has 1 unspecified atom stereocenters. The van der Waals surface area contributed by atoms with Crippen molar-refractivity contribution in [2.24, 2.45) is 23.5 Å². The Morgan fingerprint density at radius 3 is 2.46 bits per heavy atom. The first kappa shape index (κ1) is 60.0. The normalized spacial score (nSPS) is 30.9. The molecule has 1 saturated carbocycles. The van der Waals surface area contributed by atoms with Crippen LogP contribution in [0.1, 0.15) is 104 Å². The van der Waals surface area contributed by atoms with Crippen molar-refractivity contribution in [2.45, 2.75) is 158 Å². The fourth-order valence-electron chi connectivity index (χ4n) is 10.5. The average molecular weight is 1100 g/mol. The van der Waals surface area contributed by atoms with E-state index in [-0.39, 0.29) is 66.1 Å². The Kier molecular flexibility index (Phi) is 20.5. The number of amides is 6. The molecule has 1 aliphatic carbocycles. The molecular weight excluding hydrogens is 1030 g/mol. The van der Waals surface area contributed by atoms with Crippen molar-refractivity contribution in [3.63, 3.8) is 0 Å². The number of anilines is 1. The highest BCUT2D eigenvalue weighted by Crippen LogP contribution is 2.49. The number of nitrogens with zero attached hydrogens (tertiary/aromatic N) is 3. The van der Waals surface area contributed by atoms with E-state index in [4.69, 9.17) is 46.1 Å². The number of hydrogen-bond donors (Lipinski definition) is 5. The maximum Gasteiger partial charge on any atom is 0.409 e. The minimum Gasteiger partial charge on any atom is -0.495 e. The summed E-state index contributed by atoms with van der Waals surface area (Å²) in [4.78, 5) is 109. The quantitative estimate of drug-likeness (QED) is 0.0594. The first-order chi connectivity index (χ1) is 35.9. The molecule has 6 N–H and O–H groups in total. The number of nitrogens with one attached hydrogen (secondary N) is 2. The van der Waals surface area contributed by atoms with Gasteiger partial charge < -0.3 is 54.7 Å². The zero-order valence-corrected chi connectivity index (χ0v) is 46.2. The molecule has 3 saturated heterocycles. The van der Waals surface area contributed by atoms with Crippen LogP contribution < -0.4 is 26.0 Å². The summed E-state index contributed by atoms with van der Waals surface area (Å²) in [5.74, 6) is -3.68. The highest BCUT2D eigenvalue weighted by atomic mass is 35.5. The molecule has 420 valence electrons. The van der Waals surface area contributed by atoms with Gasteiger partial charge in [-0.3, -0.25) is 39.0 Å². The number of ether oxygens (including phenoxy) is 5. The number of fused-ring (bicyclic) bond motifs is 5. The summed E-state index contributed by atoms with van der Waals surface area (Å²) in [6.45, 7) is 7.53. The Hall–Kier alpha value is -5.26. The van der Waals surface area contributed by atoms with Crippen LogP contribution in [0.4, 0.5) is 10.5 Å². The second-order valence-electron chi connectivity index (χ2n) is 21.0. The number of carbonyl (C=O) groups is 8. The Morgan fingerprint density at radius 1 is 1.08 bits per heavy atom. The van der Waals surface area contributed by atoms with E-state index >= 15 is 0 Å². The van der Waals surface area contributed by atoms with Gasteiger partial charge in [0.1, 0.15) is 46.8 Å². The predicted octanol–water partition coefficient (Wildman–Crippen LogP) is 4.27. The fraction of sp³-hybridized carbons (Fsp3) is 0.660. The molecule has 1 aromatic rings. The number of methoxy groups -OCH3 is 2. The number of thioether (sulfide) groups is 1. The first-order valence-electron chi connectivity index (χ1n) is 26.0. The van der Waals surface area contributed by atoms with E-state index in [2.05, 4.69) is 10.6 Å². The monoisotopic (exact) mass is 1100 g/mol. The molecule has 1 aromatic carbocycles. The summed E-state index contributed by atoms with van der Waals surface area (Å²) in [6, 6.07) is 1.47. The third-order valence-corrected chi connectivity index (χ3v) is 17.2. The molecule has 4 bridgehead atoms. The molecule has 0 aromatic heterocycles. The number of aliphatic hydroxyl groups is 1. The standard InChI is InChI=1S/C53H75ClN6O15S/c1-29-12-11-14-40(72-8)53(70)27-38(73-51(69)57-53)30(2)46-52(4,75-46)41(26-43(62)59(6)36-23-33(22-29)24-37(71-7)45(36)54)74-50(68)31(3)58(5)42(61)19-21-76-39-25-44(63)60(48(39)65)28-32-15-17-34(18-16-32)47(64)56-20-10-9-13-35(55)49(66)67/h11-12,14,23-24,30-32,34-35,38-41,46,70H,9-10,13,15-22,25-28,55H2,1-8H3,(H,56,64)(H,57,69)(H,66,67)/b14-11-,29-12-/t30-,31+,32?,34?,35+,38+,39?,40-,41+,46+,52+,53+/m1/s1. The van der Waals surface area contributed by atoms with Crippen molar-refractivity contribution < 1.29 is 72.3 Å². The number of rotatable bonds is 18. The third-order valence-electron chi connectivity index (χ3n) is 15.6. The number of esters is 1. The Morgan fingerprint density at radius 2 is 1.79 bits per heavy atom. The molecule has 10 atom stereocenters. The number of likely N-dealkylation sites (N-methyl/N-ethyl adjacent to an activating group) is 1. The highest BCUT2D eigenvalue weighted by molar-refractivity contribution is 8.00. The summed E-state index contributed by atoms with van der Waals surface area (Å²) in [5.41, 5.74) is 4.34. The highest BCUT2D eigenvalue weighted by Gasteiger charge is 2.64. The lowest BCUT2D eigenvalue weighted by Gasteiger charge is -2.42. The SMILES string of the molecule is COc1cc2cc(c1Cl)N(C)C(=O)C[C@H](OC(=O)[C@H](C)N(C)C(=O)CCSC1CC(=O)N(CC3CCC(C(=O)NCCCC[C@H](N)C(=O)O)CC3)C1=O)[C@]1(C)O[C@H]1[C@H](C)[C@@H]1C[C@@](O)(NC(=O)O1)[C@H](OC)/C=C\C=C(\C)C2. The number of alkyl carbamates (subject to hydrolysis) is 1. The Bertz CT molecular complexity index is 2420. The molecule has 5 aliphatic rings. The number of imide groups is 1. The molecule has 4 aliphatic heterocycles. The molecule has 0 radical (unpaired) electrons. The maximum atomic E-state index is 14.4. The van der Waals surface area contributed by atoms with Crippen molar-refractivity contribution in [3.05, 3.63) is 46.5 Å². The smallest absolute Gasteiger partial charge is 0.409 e. The van der Waals surface area contributed by atoms with Crippen LogP contribution in [0.2, 0.25) is 5.02 Å². The van der Waals surface area contributed by atoms with Gasteiger partial charge in [0.25, 0.3) is 0 Å². The lowest BCUT2D eigenvalue weighted by molar-refractivity contribution is -0.162. The van der Waals surface area contributed by atoms with Gasteiger partial charge in [-0.2, -0.15) is 0 Å². The average Bonchev–Trinajstić information content (AvgIpc) is 4.01. The predicted molar refractivity (Wildman–Crippen MR) is 281 cm³/mol. The number of benzene rings is 1. The number of epoxide rings is 1.